The summed E-state index contributed by atoms with van der Waals surface area (Å²) in [6.07, 6.45) is -4.96. The molecule has 112 valence electrons. The van der Waals surface area contributed by atoms with Crippen LogP contribution in [0.15, 0.2) is 48.5 Å². The number of ether oxygens (including phenoxy) is 1. The van der Waals surface area contributed by atoms with E-state index in [4.69, 9.17) is 4.74 Å². The molecular formula is C15H12F4O2. The molecule has 1 atom stereocenters. The molecule has 2 aromatic carbocycles. The minimum absolute atomic E-state index is 0.363. The van der Waals surface area contributed by atoms with Crippen molar-refractivity contribution in [2.45, 2.75) is 11.8 Å². The van der Waals surface area contributed by atoms with Gasteiger partial charge in [0.05, 0.1) is 7.11 Å². The van der Waals surface area contributed by atoms with Gasteiger partial charge in [0.1, 0.15) is 11.6 Å². The molecule has 0 radical (unpaired) electrons. The maximum absolute atomic E-state index is 13.4. The van der Waals surface area contributed by atoms with E-state index < -0.39 is 23.2 Å². The van der Waals surface area contributed by atoms with Crippen molar-refractivity contribution >= 4 is 0 Å². The fourth-order valence-electron chi connectivity index (χ4n) is 2.02. The van der Waals surface area contributed by atoms with Gasteiger partial charge in [0.2, 0.25) is 5.60 Å². The van der Waals surface area contributed by atoms with Crippen LogP contribution in [-0.2, 0) is 5.60 Å². The molecule has 0 fully saturated rings. The van der Waals surface area contributed by atoms with Crippen molar-refractivity contribution in [3.8, 4) is 5.75 Å². The predicted octanol–water partition coefficient (Wildman–Crippen LogP) is 3.63. The highest BCUT2D eigenvalue weighted by Gasteiger charge is 2.56. The van der Waals surface area contributed by atoms with E-state index in [1.165, 1.54) is 19.2 Å². The summed E-state index contributed by atoms with van der Waals surface area (Å²) < 4.78 is 57.9. The highest BCUT2D eigenvalue weighted by molar-refractivity contribution is 5.40. The minimum Gasteiger partial charge on any atom is -0.497 e. The molecule has 21 heavy (non-hydrogen) atoms. The van der Waals surface area contributed by atoms with Crippen molar-refractivity contribution in [1.82, 2.24) is 0 Å². The summed E-state index contributed by atoms with van der Waals surface area (Å²) in [5, 5.41) is 10.3. The van der Waals surface area contributed by atoms with Crippen molar-refractivity contribution in [1.29, 1.82) is 0 Å². The predicted molar refractivity (Wildman–Crippen MR) is 68.4 cm³/mol. The Hall–Kier alpha value is -2.08. The SMILES string of the molecule is COc1ccc(C(O)(c2ccc(F)cc2)C(F)(F)F)cc1. The molecule has 0 heterocycles. The fraction of sp³-hybridized carbons (Fsp3) is 0.200. The number of aliphatic hydroxyl groups is 1. The number of rotatable bonds is 3. The van der Waals surface area contributed by atoms with E-state index in [1.54, 1.807) is 0 Å². The highest BCUT2D eigenvalue weighted by Crippen LogP contribution is 2.44. The lowest BCUT2D eigenvalue weighted by Gasteiger charge is -2.31. The highest BCUT2D eigenvalue weighted by atomic mass is 19.4. The quantitative estimate of drug-likeness (QED) is 0.877. The number of methoxy groups -OCH3 is 1. The molecule has 1 unspecified atom stereocenters. The first kappa shape index (κ1) is 15.3. The second-order valence-electron chi connectivity index (χ2n) is 4.44. The van der Waals surface area contributed by atoms with Crippen LogP contribution in [0.3, 0.4) is 0 Å². The Labute approximate surface area is 118 Å². The van der Waals surface area contributed by atoms with Gasteiger partial charge in [0.15, 0.2) is 0 Å². The second kappa shape index (κ2) is 5.37. The lowest BCUT2D eigenvalue weighted by molar-refractivity contribution is -0.248. The molecule has 0 aliphatic carbocycles. The Bertz CT molecular complexity index is 605. The van der Waals surface area contributed by atoms with Crippen LogP contribution in [0, 0.1) is 5.82 Å². The molecule has 6 heteroatoms. The van der Waals surface area contributed by atoms with Crippen molar-refractivity contribution in [3.05, 3.63) is 65.5 Å². The average Bonchev–Trinajstić information content (AvgIpc) is 2.46. The molecule has 0 bridgehead atoms. The number of halogens is 4. The van der Waals surface area contributed by atoms with Crippen LogP contribution < -0.4 is 4.74 Å². The van der Waals surface area contributed by atoms with E-state index in [1.807, 2.05) is 0 Å². The van der Waals surface area contributed by atoms with E-state index >= 15 is 0 Å². The molecule has 1 N–H and O–H groups in total. The van der Waals surface area contributed by atoms with Crippen LogP contribution in [0.2, 0.25) is 0 Å². The fourth-order valence-corrected chi connectivity index (χ4v) is 2.02. The summed E-state index contributed by atoms with van der Waals surface area (Å²) in [6, 6.07) is 8.43. The summed E-state index contributed by atoms with van der Waals surface area (Å²) in [4.78, 5) is 0. The Morgan fingerprint density at radius 1 is 0.857 bits per heavy atom. The van der Waals surface area contributed by atoms with E-state index in [9.17, 15) is 22.7 Å². The Balaban J connectivity index is 2.58. The van der Waals surface area contributed by atoms with E-state index in [0.29, 0.717) is 5.75 Å². The number of hydrogen-bond donors (Lipinski definition) is 1. The first-order valence-corrected chi connectivity index (χ1v) is 5.98. The first-order valence-electron chi connectivity index (χ1n) is 5.98. The van der Waals surface area contributed by atoms with E-state index in [0.717, 1.165) is 36.4 Å². The van der Waals surface area contributed by atoms with Crippen molar-refractivity contribution in [2.75, 3.05) is 7.11 Å². The molecule has 2 aromatic rings. The molecule has 0 aromatic heterocycles. The molecule has 0 spiro atoms. The van der Waals surface area contributed by atoms with E-state index in [-0.39, 0.29) is 5.56 Å². The monoisotopic (exact) mass is 300 g/mol. The smallest absolute Gasteiger partial charge is 0.425 e. The summed E-state index contributed by atoms with van der Waals surface area (Å²) >= 11 is 0. The Kier molecular flexibility index (Phi) is 3.91. The zero-order valence-corrected chi connectivity index (χ0v) is 11.0. The maximum atomic E-state index is 13.4. The number of hydrogen-bond acceptors (Lipinski definition) is 2. The molecule has 0 saturated heterocycles. The molecular weight excluding hydrogens is 288 g/mol. The normalized spacial score (nSPS) is 14.6. The molecule has 0 aliphatic heterocycles. The largest absolute Gasteiger partial charge is 0.497 e. The molecule has 0 aliphatic rings. The third kappa shape index (κ3) is 2.71. The van der Waals surface area contributed by atoms with Crippen LogP contribution in [0.5, 0.6) is 5.75 Å². The van der Waals surface area contributed by atoms with E-state index in [2.05, 4.69) is 0 Å². The van der Waals surface area contributed by atoms with Gasteiger partial charge in [0.25, 0.3) is 0 Å². The minimum atomic E-state index is -4.96. The average molecular weight is 300 g/mol. The van der Waals surface area contributed by atoms with Gasteiger partial charge in [-0.1, -0.05) is 24.3 Å². The van der Waals surface area contributed by atoms with Gasteiger partial charge in [-0.05, 0) is 35.4 Å². The lowest BCUT2D eigenvalue weighted by Crippen LogP contribution is -2.43. The van der Waals surface area contributed by atoms with Crippen LogP contribution >= 0.6 is 0 Å². The summed E-state index contributed by atoms with van der Waals surface area (Å²) in [7, 11) is 1.38. The van der Waals surface area contributed by atoms with Crippen LogP contribution in [-0.4, -0.2) is 18.4 Å². The summed E-state index contributed by atoms with van der Waals surface area (Å²) in [6.45, 7) is 0. The summed E-state index contributed by atoms with van der Waals surface area (Å²) in [5.74, 6) is -0.319. The topological polar surface area (TPSA) is 29.5 Å². The van der Waals surface area contributed by atoms with Gasteiger partial charge in [-0.3, -0.25) is 0 Å². The van der Waals surface area contributed by atoms with Crippen LogP contribution in [0.25, 0.3) is 0 Å². The van der Waals surface area contributed by atoms with Gasteiger partial charge in [-0.2, -0.15) is 13.2 Å². The molecule has 0 saturated carbocycles. The number of alkyl halides is 3. The Morgan fingerprint density at radius 2 is 1.29 bits per heavy atom. The third-order valence-corrected chi connectivity index (χ3v) is 3.18. The van der Waals surface area contributed by atoms with Gasteiger partial charge < -0.3 is 9.84 Å². The molecule has 2 rings (SSSR count). The second-order valence-corrected chi connectivity index (χ2v) is 4.44. The standard InChI is InChI=1S/C15H12F4O2/c1-21-13-8-4-11(5-9-13)14(20,15(17,18)19)10-2-6-12(16)7-3-10/h2-9,20H,1H3. The van der Waals surface area contributed by atoms with Gasteiger partial charge in [-0.25, -0.2) is 4.39 Å². The van der Waals surface area contributed by atoms with Crippen molar-refractivity contribution in [3.63, 3.8) is 0 Å². The molecule has 2 nitrogen and oxygen atoms in total. The first-order chi connectivity index (χ1) is 9.79. The summed E-state index contributed by atoms with van der Waals surface area (Å²) in [5.41, 5.74) is -4.04. The zero-order chi connectivity index (χ0) is 15.7. The van der Waals surface area contributed by atoms with Crippen LogP contribution in [0.1, 0.15) is 11.1 Å². The lowest BCUT2D eigenvalue weighted by atomic mass is 9.85. The van der Waals surface area contributed by atoms with Crippen molar-refractivity contribution in [2.24, 2.45) is 0 Å². The maximum Gasteiger partial charge on any atom is 0.425 e. The Morgan fingerprint density at radius 3 is 1.67 bits per heavy atom. The van der Waals surface area contributed by atoms with Gasteiger partial charge in [0, 0.05) is 0 Å². The van der Waals surface area contributed by atoms with Crippen molar-refractivity contribution < 1.29 is 27.4 Å². The third-order valence-electron chi connectivity index (χ3n) is 3.18. The van der Waals surface area contributed by atoms with Gasteiger partial charge in [-0.15, -0.1) is 0 Å². The molecule has 0 amide bonds. The van der Waals surface area contributed by atoms with Crippen LogP contribution in [0.4, 0.5) is 17.6 Å². The van der Waals surface area contributed by atoms with Gasteiger partial charge >= 0.3 is 6.18 Å². The zero-order valence-electron chi connectivity index (χ0n) is 11.0. The number of benzene rings is 2.